The fourth-order valence-electron chi connectivity index (χ4n) is 2.51. The third-order valence-electron chi connectivity index (χ3n) is 4.06. The molecule has 0 aromatic heterocycles. The zero-order chi connectivity index (χ0) is 20.9. The Bertz CT molecular complexity index is 1120. The van der Waals surface area contributed by atoms with E-state index in [1.807, 2.05) is 30.3 Å². The van der Waals surface area contributed by atoms with Gasteiger partial charge in [-0.3, -0.25) is 0 Å². The van der Waals surface area contributed by atoms with Crippen molar-refractivity contribution in [2.45, 2.75) is 18.0 Å². The third kappa shape index (κ3) is 5.81. The summed E-state index contributed by atoms with van der Waals surface area (Å²) in [7, 11) is -3.79. The average Bonchev–Trinajstić information content (AvgIpc) is 2.72. The molecule has 29 heavy (non-hydrogen) atoms. The Morgan fingerprint density at radius 3 is 2.41 bits per heavy atom. The van der Waals surface area contributed by atoms with Gasteiger partial charge in [0, 0.05) is 22.2 Å². The molecule has 0 amide bonds. The Hall–Kier alpha value is -2.38. The molecule has 3 aromatic rings. The number of carbonyl (C=O) groups is 1. The summed E-state index contributed by atoms with van der Waals surface area (Å²) in [4.78, 5) is 12.3. The smallest absolute Gasteiger partial charge is 0.338 e. The highest BCUT2D eigenvalue weighted by Gasteiger charge is 2.17. The summed E-state index contributed by atoms with van der Waals surface area (Å²) in [6.45, 7) is 0.0883. The first-order valence-corrected chi connectivity index (χ1v) is 10.8. The number of nitrogens with one attached hydrogen (secondary N) is 1. The maximum atomic E-state index is 12.5. The first kappa shape index (κ1) is 21.3. The summed E-state index contributed by atoms with van der Waals surface area (Å²) in [5, 5.41) is 0.859. The van der Waals surface area contributed by atoms with Crippen LogP contribution in [-0.2, 0) is 27.9 Å². The standard InChI is InChI=1S/C21H17Cl2NO4S/c22-18-10-9-17(20(23)12-18)14-28-21(25)16-7-4-8-19(11-16)29(26,27)24-13-15-5-2-1-3-6-15/h1-12,24H,13-14H2. The van der Waals surface area contributed by atoms with Crippen LogP contribution in [0.25, 0.3) is 0 Å². The molecular weight excluding hydrogens is 433 g/mol. The highest BCUT2D eigenvalue weighted by molar-refractivity contribution is 7.89. The summed E-state index contributed by atoms with van der Waals surface area (Å²) in [5.74, 6) is -0.656. The van der Waals surface area contributed by atoms with E-state index in [0.717, 1.165) is 5.56 Å². The van der Waals surface area contributed by atoms with Crippen LogP contribution in [0.4, 0.5) is 0 Å². The van der Waals surface area contributed by atoms with E-state index in [2.05, 4.69) is 4.72 Å². The lowest BCUT2D eigenvalue weighted by Crippen LogP contribution is -2.23. The van der Waals surface area contributed by atoms with E-state index in [-0.39, 0.29) is 23.6 Å². The number of sulfonamides is 1. The lowest BCUT2D eigenvalue weighted by Gasteiger charge is -2.10. The van der Waals surface area contributed by atoms with Crippen LogP contribution < -0.4 is 4.72 Å². The van der Waals surface area contributed by atoms with E-state index in [9.17, 15) is 13.2 Å². The van der Waals surface area contributed by atoms with Gasteiger partial charge in [0.15, 0.2) is 0 Å². The molecule has 0 unspecified atom stereocenters. The SMILES string of the molecule is O=C(OCc1ccc(Cl)cc1Cl)c1cccc(S(=O)(=O)NCc2ccccc2)c1. The molecule has 0 aliphatic carbocycles. The summed E-state index contributed by atoms with van der Waals surface area (Å²) in [5.41, 5.74) is 1.54. The number of ether oxygens (including phenoxy) is 1. The molecule has 0 saturated carbocycles. The summed E-state index contributed by atoms with van der Waals surface area (Å²) >= 11 is 11.9. The van der Waals surface area contributed by atoms with E-state index in [4.69, 9.17) is 27.9 Å². The first-order valence-electron chi connectivity index (χ1n) is 8.60. The molecule has 0 aliphatic heterocycles. The number of halogens is 2. The molecule has 0 bridgehead atoms. The van der Waals surface area contributed by atoms with Crippen molar-refractivity contribution in [3.63, 3.8) is 0 Å². The van der Waals surface area contributed by atoms with Gasteiger partial charge < -0.3 is 4.74 Å². The second-order valence-corrected chi connectivity index (χ2v) is 8.76. The lowest BCUT2D eigenvalue weighted by atomic mass is 10.2. The zero-order valence-corrected chi connectivity index (χ0v) is 17.5. The van der Waals surface area contributed by atoms with Crippen LogP contribution in [0, 0.1) is 0 Å². The number of carbonyl (C=O) groups excluding carboxylic acids is 1. The van der Waals surface area contributed by atoms with Crippen LogP contribution >= 0.6 is 23.2 Å². The van der Waals surface area contributed by atoms with Crippen molar-refractivity contribution >= 4 is 39.2 Å². The second kappa shape index (κ2) is 9.41. The van der Waals surface area contributed by atoms with Gasteiger partial charge in [-0.1, -0.05) is 65.7 Å². The molecule has 0 atom stereocenters. The van der Waals surface area contributed by atoms with Crippen molar-refractivity contribution < 1.29 is 17.9 Å². The lowest BCUT2D eigenvalue weighted by molar-refractivity contribution is 0.0472. The van der Waals surface area contributed by atoms with Gasteiger partial charge >= 0.3 is 5.97 Å². The van der Waals surface area contributed by atoms with Crippen molar-refractivity contribution in [1.82, 2.24) is 4.72 Å². The minimum absolute atomic E-state index is 0.0209. The minimum atomic E-state index is -3.79. The maximum Gasteiger partial charge on any atom is 0.338 e. The predicted molar refractivity (Wildman–Crippen MR) is 112 cm³/mol. The highest BCUT2D eigenvalue weighted by Crippen LogP contribution is 2.22. The van der Waals surface area contributed by atoms with Gasteiger partial charge in [-0.15, -0.1) is 0 Å². The number of benzene rings is 3. The summed E-state index contributed by atoms with van der Waals surface area (Å²) in [6.07, 6.45) is 0. The van der Waals surface area contributed by atoms with Crippen molar-refractivity contribution in [1.29, 1.82) is 0 Å². The van der Waals surface area contributed by atoms with Crippen LogP contribution in [-0.4, -0.2) is 14.4 Å². The monoisotopic (exact) mass is 449 g/mol. The van der Waals surface area contributed by atoms with Crippen LogP contribution in [0.1, 0.15) is 21.5 Å². The fourth-order valence-corrected chi connectivity index (χ4v) is 4.04. The van der Waals surface area contributed by atoms with E-state index in [0.29, 0.717) is 15.6 Å². The van der Waals surface area contributed by atoms with Gasteiger partial charge in [-0.2, -0.15) is 0 Å². The van der Waals surface area contributed by atoms with Crippen LogP contribution in [0.15, 0.2) is 77.7 Å². The largest absolute Gasteiger partial charge is 0.457 e. The number of esters is 1. The Morgan fingerprint density at radius 2 is 1.69 bits per heavy atom. The molecule has 0 fully saturated rings. The van der Waals surface area contributed by atoms with Crippen LogP contribution in [0.2, 0.25) is 10.0 Å². The van der Waals surface area contributed by atoms with Gasteiger partial charge in [-0.05, 0) is 35.9 Å². The van der Waals surface area contributed by atoms with E-state index in [1.54, 1.807) is 18.2 Å². The zero-order valence-electron chi connectivity index (χ0n) is 15.1. The molecular formula is C21H17Cl2NO4S. The van der Waals surface area contributed by atoms with Crippen LogP contribution in [0.3, 0.4) is 0 Å². The Labute approximate surface area is 179 Å². The first-order chi connectivity index (χ1) is 13.8. The summed E-state index contributed by atoms with van der Waals surface area (Å²) < 4.78 is 32.9. The third-order valence-corrected chi connectivity index (χ3v) is 6.05. The minimum Gasteiger partial charge on any atom is -0.457 e. The quantitative estimate of drug-likeness (QED) is 0.524. The van der Waals surface area contributed by atoms with Crippen LogP contribution in [0.5, 0.6) is 0 Å². The molecule has 0 aliphatic rings. The molecule has 8 heteroatoms. The van der Waals surface area contributed by atoms with Crippen molar-refractivity contribution in [3.05, 3.63) is 99.5 Å². The van der Waals surface area contributed by atoms with Gasteiger partial charge in [-0.25, -0.2) is 17.9 Å². The Morgan fingerprint density at radius 1 is 0.931 bits per heavy atom. The average molecular weight is 450 g/mol. The number of hydrogen-bond acceptors (Lipinski definition) is 4. The van der Waals surface area contributed by atoms with E-state index < -0.39 is 16.0 Å². The van der Waals surface area contributed by atoms with Crippen molar-refractivity contribution in [2.24, 2.45) is 0 Å². The maximum absolute atomic E-state index is 12.5. The molecule has 3 aromatic carbocycles. The molecule has 0 spiro atoms. The van der Waals surface area contributed by atoms with Gasteiger partial charge in [0.05, 0.1) is 10.5 Å². The number of hydrogen-bond donors (Lipinski definition) is 1. The Balaban J connectivity index is 1.68. The number of rotatable bonds is 7. The summed E-state index contributed by atoms with van der Waals surface area (Å²) in [6, 6.07) is 19.7. The molecule has 150 valence electrons. The van der Waals surface area contributed by atoms with Gasteiger partial charge in [0.25, 0.3) is 0 Å². The molecule has 0 heterocycles. The topological polar surface area (TPSA) is 72.5 Å². The normalized spacial score (nSPS) is 11.2. The van der Waals surface area contributed by atoms with E-state index >= 15 is 0 Å². The fraction of sp³-hybridized carbons (Fsp3) is 0.0952. The highest BCUT2D eigenvalue weighted by atomic mass is 35.5. The molecule has 5 nitrogen and oxygen atoms in total. The molecule has 1 N–H and O–H groups in total. The molecule has 0 radical (unpaired) electrons. The Kier molecular flexibility index (Phi) is 6.92. The molecule has 0 saturated heterocycles. The van der Waals surface area contributed by atoms with E-state index in [1.165, 1.54) is 24.3 Å². The second-order valence-electron chi connectivity index (χ2n) is 6.15. The van der Waals surface area contributed by atoms with Gasteiger partial charge in [0.2, 0.25) is 10.0 Å². The van der Waals surface area contributed by atoms with Crippen molar-refractivity contribution in [2.75, 3.05) is 0 Å². The van der Waals surface area contributed by atoms with Gasteiger partial charge in [0.1, 0.15) is 6.61 Å². The van der Waals surface area contributed by atoms with Crippen molar-refractivity contribution in [3.8, 4) is 0 Å². The molecule has 3 rings (SSSR count). The predicted octanol–water partition coefficient (Wildman–Crippen LogP) is 4.83.